The lowest BCUT2D eigenvalue weighted by atomic mass is 9.87. The molecule has 0 unspecified atom stereocenters. The first-order valence-corrected chi connectivity index (χ1v) is 11.4. The maximum absolute atomic E-state index is 13.4. The molecule has 1 heterocycles. The number of aryl methyl sites for hydroxylation is 1. The summed E-state index contributed by atoms with van der Waals surface area (Å²) in [6, 6.07) is 25.1. The van der Waals surface area contributed by atoms with E-state index in [1.165, 1.54) is 5.56 Å². The number of benzene rings is 3. The number of hydrogen-bond acceptors (Lipinski definition) is 3. The van der Waals surface area contributed by atoms with Crippen molar-refractivity contribution in [2.24, 2.45) is 5.92 Å². The van der Waals surface area contributed by atoms with E-state index in [0.717, 1.165) is 23.2 Å². The van der Waals surface area contributed by atoms with Gasteiger partial charge in [0.15, 0.2) is 5.11 Å². The van der Waals surface area contributed by atoms with Crippen LogP contribution in [-0.2, 0) is 17.8 Å². The van der Waals surface area contributed by atoms with Gasteiger partial charge >= 0.3 is 0 Å². The van der Waals surface area contributed by atoms with Crippen LogP contribution in [0.15, 0.2) is 91.1 Å². The van der Waals surface area contributed by atoms with E-state index >= 15 is 0 Å². The van der Waals surface area contributed by atoms with Crippen LogP contribution in [0.1, 0.15) is 29.7 Å². The molecule has 4 rings (SSSR count). The highest BCUT2D eigenvalue weighted by Crippen LogP contribution is 2.35. The molecule has 3 aromatic carbocycles. The molecule has 0 saturated carbocycles. The topological polar surface area (TPSA) is 62.4 Å². The first-order valence-electron chi connectivity index (χ1n) is 11.0. The molecule has 1 aliphatic rings. The van der Waals surface area contributed by atoms with Gasteiger partial charge in [0.1, 0.15) is 18.3 Å². The first-order chi connectivity index (χ1) is 16.0. The zero-order chi connectivity index (χ0) is 23.2. The summed E-state index contributed by atoms with van der Waals surface area (Å²) in [6.07, 6.45) is 0.945. The van der Waals surface area contributed by atoms with Crippen LogP contribution in [0.3, 0.4) is 0 Å². The highest BCUT2D eigenvalue weighted by atomic mass is 32.1. The molecule has 168 valence electrons. The van der Waals surface area contributed by atoms with Gasteiger partial charge in [0.05, 0.1) is 6.04 Å². The summed E-state index contributed by atoms with van der Waals surface area (Å²) >= 11 is 5.39. The lowest BCUT2D eigenvalue weighted by molar-refractivity contribution is -0.119. The quantitative estimate of drug-likeness (QED) is 0.430. The Morgan fingerprint density at radius 1 is 1.00 bits per heavy atom. The van der Waals surface area contributed by atoms with Crippen LogP contribution < -0.4 is 20.7 Å². The van der Waals surface area contributed by atoms with Crippen molar-refractivity contribution in [3.05, 3.63) is 108 Å². The second-order valence-electron chi connectivity index (χ2n) is 7.93. The molecule has 0 aliphatic carbocycles. The third kappa shape index (κ3) is 5.41. The van der Waals surface area contributed by atoms with Gasteiger partial charge in [-0.3, -0.25) is 4.79 Å². The molecule has 5 nitrogen and oxygen atoms in total. The summed E-state index contributed by atoms with van der Waals surface area (Å²) in [5.74, 6) is -0.0694. The van der Waals surface area contributed by atoms with Crippen LogP contribution in [0.4, 0.5) is 5.69 Å². The zero-order valence-corrected chi connectivity index (χ0v) is 19.3. The number of amides is 1. The Balaban J connectivity index is 1.59. The van der Waals surface area contributed by atoms with Crippen molar-refractivity contribution >= 4 is 28.9 Å². The number of para-hydroxylation sites is 1. The van der Waals surface area contributed by atoms with Crippen molar-refractivity contribution in [3.8, 4) is 5.75 Å². The Hall–Kier alpha value is -3.64. The van der Waals surface area contributed by atoms with Crippen LogP contribution in [0.25, 0.3) is 0 Å². The van der Waals surface area contributed by atoms with Gasteiger partial charge in [-0.25, -0.2) is 0 Å². The summed E-state index contributed by atoms with van der Waals surface area (Å²) in [5.41, 5.74) is 4.41. The minimum atomic E-state index is -0.593. The molecule has 1 saturated heterocycles. The van der Waals surface area contributed by atoms with Gasteiger partial charge in [-0.05, 0) is 48.0 Å². The van der Waals surface area contributed by atoms with Gasteiger partial charge in [0.25, 0.3) is 0 Å². The molecule has 3 aromatic rings. The second kappa shape index (κ2) is 10.3. The molecule has 2 atom stereocenters. The average molecular weight is 458 g/mol. The van der Waals surface area contributed by atoms with Crippen molar-refractivity contribution in [2.45, 2.75) is 26.0 Å². The largest absolute Gasteiger partial charge is 0.489 e. The summed E-state index contributed by atoms with van der Waals surface area (Å²) in [6.45, 7) is 6.62. The highest BCUT2D eigenvalue weighted by Gasteiger charge is 2.38. The molecule has 3 N–H and O–H groups in total. The highest BCUT2D eigenvalue weighted by molar-refractivity contribution is 7.80. The van der Waals surface area contributed by atoms with E-state index in [9.17, 15) is 4.79 Å². The van der Waals surface area contributed by atoms with Gasteiger partial charge in [-0.1, -0.05) is 74.2 Å². The van der Waals surface area contributed by atoms with Gasteiger partial charge in [0.2, 0.25) is 5.91 Å². The molecule has 1 fully saturated rings. The lowest BCUT2D eigenvalue weighted by Crippen LogP contribution is -2.51. The predicted octanol–water partition coefficient (Wildman–Crippen LogP) is 5.12. The Bertz CT molecular complexity index is 1150. The number of carbonyl (C=O) groups excluding carboxylic acids is 1. The predicted molar refractivity (Wildman–Crippen MR) is 136 cm³/mol. The maximum atomic E-state index is 13.4. The molecule has 6 heteroatoms. The number of nitrogens with one attached hydrogen (secondary N) is 3. The first kappa shape index (κ1) is 22.6. The van der Waals surface area contributed by atoms with Gasteiger partial charge in [-0.2, -0.15) is 0 Å². The van der Waals surface area contributed by atoms with Crippen LogP contribution in [0.5, 0.6) is 5.75 Å². The van der Waals surface area contributed by atoms with E-state index in [0.29, 0.717) is 23.2 Å². The van der Waals surface area contributed by atoms with Crippen molar-refractivity contribution in [1.29, 1.82) is 0 Å². The van der Waals surface area contributed by atoms with E-state index in [-0.39, 0.29) is 5.91 Å². The van der Waals surface area contributed by atoms with Crippen molar-refractivity contribution in [1.82, 2.24) is 10.6 Å². The summed E-state index contributed by atoms with van der Waals surface area (Å²) in [4.78, 5) is 13.4. The van der Waals surface area contributed by atoms with Crippen molar-refractivity contribution in [2.75, 3.05) is 5.32 Å². The van der Waals surface area contributed by atoms with Crippen LogP contribution in [0, 0.1) is 5.92 Å². The minimum absolute atomic E-state index is 0.172. The fourth-order valence-corrected chi connectivity index (χ4v) is 4.16. The molecule has 1 aliphatic heterocycles. The molecular weight excluding hydrogens is 430 g/mol. The molecule has 0 aromatic heterocycles. The van der Waals surface area contributed by atoms with E-state index in [4.69, 9.17) is 17.0 Å². The fourth-order valence-electron chi connectivity index (χ4n) is 3.90. The van der Waals surface area contributed by atoms with Crippen molar-refractivity contribution in [3.63, 3.8) is 0 Å². The van der Waals surface area contributed by atoms with Gasteiger partial charge in [-0.15, -0.1) is 0 Å². The molecule has 33 heavy (non-hydrogen) atoms. The van der Waals surface area contributed by atoms with E-state index in [2.05, 4.69) is 29.5 Å². The van der Waals surface area contributed by atoms with Crippen molar-refractivity contribution < 1.29 is 9.53 Å². The third-order valence-corrected chi connectivity index (χ3v) is 5.89. The molecule has 0 spiro atoms. The van der Waals surface area contributed by atoms with Crippen LogP contribution in [0.2, 0.25) is 0 Å². The minimum Gasteiger partial charge on any atom is -0.489 e. The third-order valence-electron chi connectivity index (χ3n) is 5.67. The Morgan fingerprint density at radius 2 is 1.70 bits per heavy atom. The van der Waals surface area contributed by atoms with Crippen LogP contribution >= 0.6 is 12.2 Å². The van der Waals surface area contributed by atoms with Gasteiger partial charge in [0, 0.05) is 16.9 Å². The number of carbonyl (C=O) groups is 1. The molecule has 0 bridgehead atoms. The van der Waals surface area contributed by atoms with E-state index < -0.39 is 12.0 Å². The number of ether oxygens (including phenoxy) is 1. The summed E-state index contributed by atoms with van der Waals surface area (Å²) in [7, 11) is 0. The SMILES string of the molecule is C=C1NC(=S)N[C@H](c2ccccc2OCc2ccccc2)[C@H]1C(=O)Nc1ccc(CC)cc1. The number of anilines is 1. The molecular formula is C27H27N3O2S. The Kier molecular flexibility index (Phi) is 7.05. The maximum Gasteiger partial charge on any atom is 0.235 e. The zero-order valence-electron chi connectivity index (χ0n) is 18.5. The van der Waals surface area contributed by atoms with Gasteiger partial charge < -0.3 is 20.7 Å². The standard InChI is InChI=1S/C27H27N3O2S/c1-3-19-13-15-21(16-14-19)29-26(31)24-18(2)28-27(33)30-25(24)22-11-7-8-12-23(22)32-17-20-9-5-4-6-10-20/h4-16,24-25H,2-3,17H2,1H3,(H,29,31)(H2,28,30,33)/t24-,25+/m0/s1. The molecule has 1 amide bonds. The second-order valence-corrected chi connectivity index (χ2v) is 8.34. The average Bonchev–Trinajstić information content (AvgIpc) is 2.83. The van der Waals surface area contributed by atoms with Crippen LogP contribution in [-0.4, -0.2) is 11.0 Å². The summed E-state index contributed by atoms with van der Waals surface area (Å²) in [5, 5.41) is 9.72. The summed E-state index contributed by atoms with van der Waals surface area (Å²) < 4.78 is 6.15. The monoisotopic (exact) mass is 457 g/mol. The number of thiocarbonyl (C=S) groups is 1. The van der Waals surface area contributed by atoms with E-state index in [1.807, 2.05) is 78.9 Å². The Morgan fingerprint density at radius 3 is 2.42 bits per heavy atom. The smallest absolute Gasteiger partial charge is 0.235 e. The van der Waals surface area contributed by atoms with E-state index in [1.54, 1.807) is 0 Å². The lowest BCUT2D eigenvalue weighted by Gasteiger charge is -2.36. The normalized spacial score (nSPS) is 17.6. The Labute approximate surface area is 199 Å². The molecule has 0 radical (unpaired) electrons. The number of rotatable bonds is 7. The number of hydrogen-bond donors (Lipinski definition) is 3. The fraction of sp³-hybridized carbons (Fsp3) is 0.185.